The predicted octanol–water partition coefficient (Wildman–Crippen LogP) is 2.61. The summed E-state index contributed by atoms with van der Waals surface area (Å²) in [6.45, 7) is 7.05. The minimum Gasteiger partial charge on any atom is -0.469 e. The van der Waals surface area contributed by atoms with Crippen molar-refractivity contribution in [2.75, 3.05) is 0 Å². The SMILES string of the molecule is CCc1cc(CC(N)c2ccoc2C)n(CC)n1. The maximum atomic E-state index is 6.25. The fourth-order valence-electron chi connectivity index (χ4n) is 2.24. The van der Waals surface area contributed by atoms with E-state index in [0.717, 1.165) is 36.4 Å². The highest BCUT2D eigenvalue weighted by Gasteiger charge is 2.15. The maximum Gasteiger partial charge on any atom is 0.105 e. The van der Waals surface area contributed by atoms with Crippen LogP contribution in [-0.4, -0.2) is 9.78 Å². The van der Waals surface area contributed by atoms with Crippen LogP contribution in [0.4, 0.5) is 0 Å². The van der Waals surface area contributed by atoms with E-state index in [-0.39, 0.29) is 6.04 Å². The summed E-state index contributed by atoms with van der Waals surface area (Å²) in [5.74, 6) is 0.903. The van der Waals surface area contributed by atoms with Gasteiger partial charge in [0, 0.05) is 30.3 Å². The third kappa shape index (κ3) is 2.48. The molecule has 0 aromatic carbocycles. The van der Waals surface area contributed by atoms with Crippen LogP contribution in [0.2, 0.25) is 0 Å². The Hall–Kier alpha value is -1.55. The van der Waals surface area contributed by atoms with E-state index in [1.165, 1.54) is 5.69 Å². The van der Waals surface area contributed by atoms with Crippen LogP contribution in [0, 0.1) is 6.92 Å². The van der Waals surface area contributed by atoms with Gasteiger partial charge in [-0.1, -0.05) is 6.92 Å². The summed E-state index contributed by atoms with van der Waals surface area (Å²) in [6, 6.07) is 4.07. The fraction of sp³-hybridized carbons (Fsp3) is 0.500. The van der Waals surface area contributed by atoms with Crippen molar-refractivity contribution in [2.45, 2.75) is 46.2 Å². The third-order valence-corrected chi connectivity index (χ3v) is 3.30. The molecule has 0 radical (unpaired) electrons. The van der Waals surface area contributed by atoms with E-state index in [1.54, 1.807) is 6.26 Å². The summed E-state index contributed by atoms with van der Waals surface area (Å²) < 4.78 is 7.34. The first-order chi connectivity index (χ1) is 8.65. The van der Waals surface area contributed by atoms with Gasteiger partial charge in [0.05, 0.1) is 12.0 Å². The second kappa shape index (κ2) is 5.40. The largest absolute Gasteiger partial charge is 0.469 e. The monoisotopic (exact) mass is 247 g/mol. The highest BCUT2D eigenvalue weighted by Crippen LogP contribution is 2.21. The Balaban J connectivity index is 2.18. The number of furan rings is 1. The van der Waals surface area contributed by atoms with Crippen LogP contribution in [0.1, 0.15) is 42.6 Å². The van der Waals surface area contributed by atoms with E-state index in [2.05, 4.69) is 25.0 Å². The van der Waals surface area contributed by atoms with Gasteiger partial charge in [-0.05, 0) is 32.4 Å². The number of rotatable bonds is 5. The summed E-state index contributed by atoms with van der Waals surface area (Å²) in [4.78, 5) is 0. The van der Waals surface area contributed by atoms with Crippen LogP contribution in [0.3, 0.4) is 0 Å². The number of nitrogens with two attached hydrogens (primary N) is 1. The van der Waals surface area contributed by atoms with Gasteiger partial charge >= 0.3 is 0 Å². The van der Waals surface area contributed by atoms with Gasteiger partial charge in [-0.3, -0.25) is 4.68 Å². The molecule has 98 valence electrons. The lowest BCUT2D eigenvalue weighted by Gasteiger charge is -2.11. The molecule has 0 aliphatic carbocycles. The van der Waals surface area contributed by atoms with Gasteiger partial charge in [-0.25, -0.2) is 0 Å². The van der Waals surface area contributed by atoms with Crippen molar-refractivity contribution in [2.24, 2.45) is 5.73 Å². The maximum absolute atomic E-state index is 6.25. The molecule has 0 amide bonds. The summed E-state index contributed by atoms with van der Waals surface area (Å²) in [5.41, 5.74) is 9.65. The molecule has 2 rings (SSSR count). The standard InChI is InChI=1S/C14H21N3O/c1-4-11-8-12(17(5-2)16-11)9-14(15)13-6-7-18-10(13)3/h6-8,14H,4-5,9,15H2,1-3H3. The smallest absolute Gasteiger partial charge is 0.105 e. The molecule has 4 nitrogen and oxygen atoms in total. The predicted molar refractivity (Wildman–Crippen MR) is 71.4 cm³/mol. The number of hydrogen-bond donors (Lipinski definition) is 1. The molecule has 4 heteroatoms. The zero-order chi connectivity index (χ0) is 13.1. The van der Waals surface area contributed by atoms with Gasteiger partial charge in [0.15, 0.2) is 0 Å². The van der Waals surface area contributed by atoms with Crippen LogP contribution in [0.5, 0.6) is 0 Å². The highest BCUT2D eigenvalue weighted by molar-refractivity contribution is 5.22. The average molecular weight is 247 g/mol. The Labute approximate surface area is 108 Å². The Morgan fingerprint density at radius 1 is 1.44 bits per heavy atom. The van der Waals surface area contributed by atoms with Crippen molar-refractivity contribution in [3.8, 4) is 0 Å². The molecule has 1 atom stereocenters. The second-order valence-electron chi connectivity index (χ2n) is 4.54. The highest BCUT2D eigenvalue weighted by atomic mass is 16.3. The number of aromatic nitrogens is 2. The molecule has 18 heavy (non-hydrogen) atoms. The van der Waals surface area contributed by atoms with Crippen molar-refractivity contribution in [3.63, 3.8) is 0 Å². The van der Waals surface area contributed by atoms with E-state index in [9.17, 15) is 0 Å². The molecule has 0 aliphatic rings. The van der Waals surface area contributed by atoms with Crippen molar-refractivity contribution in [1.82, 2.24) is 9.78 Å². The van der Waals surface area contributed by atoms with Crippen LogP contribution in [0.15, 0.2) is 22.8 Å². The van der Waals surface area contributed by atoms with Crippen LogP contribution in [0.25, 0.3) is 0 Å². The molecule has 2 aromatic rings. The minimum absolute atomic E-state index is 0.0320. The summed E-state index contributed by atoms with van der Waals surface area (Å²) in [6.07, 6.45) is 3.44. The average Bonchev–Trinajstić information content (AvgIpc) is 2.95. The van der Waals surface area contributed by atoms with Gasteiger partial charge < -0.3 is 10.2 Å². The van der Waals surface area contributed by atoms with Gasteiger partial charge in [-0.2, -0.15) is 5.10 Å². The molecule has 2 heterocycles. The van der Waals surface area contributed by atoms with Crippen LogP contribution < -0.4 is 5.73 Å². The van der Waals surface area contributed by atoms with Gasteiger partial charge in [0.2, 0.25) is 0 Å². The first-order valence-electron chi connectivity index (χ1n) is 6.50. The van der Waals surface area contributed by atoms with E-state index < -0.39 is 0 Å². The molecule has 0 saturated heterocycles. The molecular formula is C14H21N3O. The molecule has 1 unspecified atom stereocenters. The Bertz CT molecular complexity index is 513. The van der Waals surface area contributed by atoms with Gasteiger partial charge in [-0.15, -0.1) is 0 Å². The normalized spacial score (nSPS) is 12.9. The number of hydrogen-bond acceptors (Lipinski definition) is 3. The fourth-order valence-corrected chi connectivity index (χ4v) is 2.24. The minimum atomic E-state index is -0.0320. The lowest BCUT2D eigenvalue weighted by molar-refractivity contribution is 0.520. The van der Waals surface area contributed by atoms with E-state index in [4.69, 9.17) is 10.2 Å². The zero-order valence-electron chi connectivity index (χ0n) is 11.3. The van der Waals surface area contributed by atoms with E-state index in [1.807, 2.05) is 17.7 Å². The Morgan fingerprint density at radius 2 is 2.22 bits per heavy atom. The molecule has 0 spiro atoms. The topological polar surface area (TPSA) is 57.0 Å². The van der Waals surface area contributed by atoms with Crippen molar-refractivity contribution in [1.29, 1.82) is 0 Å². The van der Waals surface area contributed by atoms with Crippen molar-refractivity contribution < 1.29 is 4.42 Å². The van der Waals surface area contributed by atoms with Gasteiger partial charge in [0.1, 0.15) is 5.76 Å². The first-order valence-corrected chi connectivity index (χ1v) is 6.50. The lowest BCUT2D eigenvalue weighted by Crippen LogP contribution is -2.16. The first kappa shape index (κ1) is 12.9. The summed E-state index contributed by atoms with van der Waals surface area (Å²) in [5, 5.41) is 4.54. The Morgan fingerprint density at radius 3 is 2.78 bits per heavy atom. The molecule has 2 N–H and O–H groups in total. The zero-order valence-corrected chi connectivity index (χ0v) is 11.3. The van der Waals surface area contributed by atoms with Crippen molar-refractivity contribution in [3.05, 3.63) is 41.1 Å². The molecular weight excluding hydrogens is 226 g/mol. The van der Waals surface area contributed by atoms with Crippen molar-refractivity contribution >= 4 is 0 Å². The third-order valence-electron chi connectivity index (χ3n) is 3.30. The molecule has 0 fully saturated rings. The summed E-state index contributed by atoms with van der Waals surface area (Å²) >= 11 is 0. The van der Waals surface area contributed by atoms with Gasteiger partial charge in [0.25, 0.3) is 0 Å². The van der Waals surface area contributed by atoms with E-state index >= 15 is 0 Å². The second-order valence-corrected chi connectivity index (χ2v) is 4.54. The van der Waals surface area contributed by atoms with Crippen LogP contribution in [-0.2, 0) is 19.4 Å². The van der Waals surface area contributed by atoms with Crippen LogP contribution >= 0.6 is 0 Å². The molecule has 2 aromatic heterocycles. The number of nitrogens with zero attached hydrogens (tertiary/aromatic N) is 2. The van der Waals surface area contributed by atoms with E-state index in [0.29, 0.717) is 0 Å². The molecule has 0 aliphatic heterocycles. The number of aryl methyl sites for hydroxylation is 3. The quantitative estimate of drug-likeness (QED) is 0.883. The summed E-state index contributed by atoms with van der Waals surface area (Å²) in [7, 11) is 0. The molecule has 0 bridgehead atoms. The Kier molecular flexibility index (Phi) is 3.87. The molecule has 0 saturated carbocycles. The lowest BCUT2D eigenvalue weighted by atomic mass is 10.0.